The molecule has 2 unspecified atom stereocenters. The highest BCUT2D eigenvalue weighted by atomic mass is 16.3. The molecular formula is C28H34O2. The van der Waals surface area contributed by atoms with E-state index in [2.05, 4.69) is 36.4 Å². The first-order chi connectivity index (χ1) is 14.3. The van der Waals surface area contributed by atoms with Gasteiger partial charge >= 0.3 is 0 Å². The monoisotopic (exact) mass is 402 g/mol. The minimum absolute atomic E-state index is 0.437. The van der Waals surface area contributed by atoms with Crippen molar-refractivity contribution < 1.29 is 10.2 Å². The van der Waals surface area contributed by atoms with Crippen molar-refractivity contribution >= 4 is 0 Å². The van der Waals surface area contributed by atoms with Crippen molar-refractivity contribution in [3.8, 4) is 11.5 Å². The van der Waals surface area contributed by atoms with Gasteiger partial charge in [0.2, 0.25) is 0 Å². The van der Waals surface area contributed by atoms with Crippen LogP contribution in [0.2, 0.25) is 0 Å². The second-order valence-electron chi connectivity index (χ2n) is 9.41. The van der Waals surface area contributed by atoms with E-state index in [1.54, 1.807) is 11.1 Å². The molecule has 0 aliphatic heterocycles. The van der Waals surface area contributed by atoms with E-state index in [-0.39, 0.29) is 0 Å². The smallest absolute Gasteiger partial charge is 0.121 e. The second-order valence-corrected chi connectivity index (χ2v) is 9.41. The first-order valence-corrected chi connectivity index (χ1v) is 11.3. The molecule has 2 atom stereocenters. The van der Waals surface area contributed by atoms with Crippen LogP contribution in [0.5, 0.6) is 11.5 Å². The number of aromatic hydroxyl groups is 2. The van der Waals surface area contributed by atoms with Gasteiger partial charge in [0.15, 0.2) is 0 Å². The van der Waals surface area contributed by atoms with Crippen molar-refractivity contribution in [3.63, 3.8) is 0 Å². The lowest BCUT2D eigenvalue weighted by Gasteiger charge is -2.28. The van der Waals surface area contributed by atoms with E-state index in [0.29, 0.717) is 23.3 Å². The molecule has 0 heterocycles. The van der Waals surface area contributed by atoms with Crippen molar-refractivity contribution in [1.82, 2.24) is 0 Å². The van der Waals surface area contributed by atoms with E-state index in [0.717, 1.165) is 47.9 Å². The molecule has 0 spiro atoms. The van der Waals surface area contributed by atoms with E-state index < -0.39 is 0 Å². The van der Waals surface area contributed by atoms with Gasteiger partial charge in [0.25, 0.3) is 0 Å². The number of phenols is 2. The lowest BCUT2D eigenvalue weighted by Crippen LogP contribution is -2.10. The zero-order valence-corrected chi connectivity index (χ0v) is 18.8. The van der Waals surface area contributed by atoms with Gasteiger partial charge in [-0.05, 0) is 123 Å². The average Bonchev–Trinajstić information content (AvgIpc) is 2.75. The van der Waals surface area contributed by atoms with Crippen LogP contribution in [0.4, 0.5) is 0 Å². The highest BCUT2D eigenvalue weighted by molar-refractivity contribution is 5.46. The Balaban J connectivity index is 1.44. The van der Waals surface area contributed by atoms with Gasteiger partial charge in [0.1, 0.15) is 11.5 Å². The van der Waals surface area contributed by atoms with Crippen LogP contribution in [0.1, 0.15) is 83.7 Å². The van der Waals surface area contributed by atoms with Gasteiger partial charge < -0.3 is 10.2 Å². The van der Waals surface area contributed by atoms with Crippen LogP contribution in [-0.2, 0) is 0 Å². The highest BCUT2D eigenvalue weighted by Gasteiger charge is 2.23. The molecule has 4 rings (SSSR count). The number of benzene rings is 2. The van der Waals surface area contributed by atoms with Crippen LogP contribution in [0, 0.1) is 27.7 Å². The molecule has 2 aromatic rings. The SMILES string of the molecule is Cc1cc(C2CC=C(C3=CCC(c4cc(C)c(O)c(C)c4)CC3)CC2)cc(C)c1O. The van der Waals surface area contributed by atoms with E-state index in [9.17, 15) is 10.2 Å². The van der Waals surface area contributed by atoms with Crippen LogP contribution < -0.4 is 0 Å². The topological polar surface area (TPSA) is 40.5 Å². The zero-order chi connectivity index (χ0) is 21.4. The van der Waals surface area contributed by atoms with Crippen LogP contribution >= 0.6 is 0 Å². The lowest BCUT2D eigenvalue weighted by atomic mass is 9.77. The summed E-state index contributed by atoms with van der Waals surface area (Å²) in [7, 11) is 0. The van der Waals surface area contributed by atoms with E-state index >= 15 is 0 Å². The highest BCUT2D eigenvalue weighted by Crippen LogP contribution is 2.41. The fourth-order valence-corrected chi connectivity index (χ4v) is 5.31. The number of rotatable bonds is 3. The predicted octanol–water partition coefficient (Wildman–Crippen LogP) is 7.42. The average molecular weight is 403 g/mol. The Morgan fingerprint density at radius 2 is 0.933 bits per heavy atom. The van der Waals surface area contributed by atoms with E-state index in [1.807, 2.05) is 27.7 Å². The number of hydrogen-bond acceptors (Lipinski definition) is 2. The third-order valence-corrected chi connectivity index (χ3v) is 7.20. The molecule has 0 aromatic heterocycles. The number of hydrogen-bond donors (Lipinski definition) is 2. The Bertz CT molecular complexity index is 895. The summed E-state index contributed by atoms with van der Waals surface area (Å²) in [5.41, 5.74) is 9.79. The summed E-state index contributed by atoms with van der Waals surface area (Å²) >= 11 is 0. The summed E-state index contributed by atoms with van der Waals surface area (Å²) in [6, 6.07) is 8.66. The molecule has 2 aliphatic carbocycles. The Kier molecular flexibility index (Phi) is 5.77. The Morgan fingerprint density at radius 1 is 0.600 bits per heavy atom. The van der Waals surface area contributed by atoms with Crippen LogP contribution in [0.15, 0.2) is 47.6 Å². The minimum atomic E-state index is 0.437. The molecule has 0 saturated heterocycles. The van der Waals surface area contributed by atoms with Crippen molar-refractivity contribution in [2.24, 2.45) is 0 Å². The third-order valence-electron chi connectivity index (χ3n) is 7.20. The molecule has 2 aliphatic rings. The molecule has 2 aromatic carbocycles. The van der Waals surface area contributed by atoms with E-state index in [1.165, 1.54) is 24.0 Å². The van der Waals surface area contributed by atoms with Gasteiger partial charge in [-0.3, -0.25) is 0 Å². The van der Waals surface area contributed by atoms with Gasteiger partial charge in [-0.15, -0.1) is 0 Å². The summed E-state index contributed by atoms with van der Waals surface area (Å²) in [5, 5.41) is 20.1. The van der Waals surface area contributed by atoms with Crippen molar-refractivity contribution in [2.45, 2.75) is 78.1 Å². The van der Waals surface area contributed by atoms with Gasteiger partial charge in [0, 0.05) is 0 Å². The van der Waals surface area contributed by atoms with Gasteiger partial charge in [0.05, 0.1) is 0 Å². The molecule has 0 fully saturated rings. The van der Waals surface area contributed by atoms with Crippen molar-refractivity contribution in [2.75, 3.05) is 0 Å². The fraction of sp³-hybridized carbons (Fsp3) is 0.429. The summed E-state index contributed by atoms with van der Waals surface area (Å²) in [6.45, 7) is 7.99. The summed E-state index contributed by atoms with van der Waals surface area (Å²) in [4.78, 5) is 0. The Labute approximate surface area is 181 Å². The first-order valence-electron chi connectivity index (χ1n) is 11.3. The van der Waals surface area contributed by atoms with Crippen LogP contribution in [-0.4, -0.2) is 10.2 Å². The van der Waals surface area contributed by atoms with Gasteiger partial charge in [-0.1, -0.05) is 36.4 Å². The normalized spacial score (nSPS) is 21.9. The standard InChI is InChI=1S/C28H34O2/c1-17-13-25(14-18(2)27(17)29)23-9-5-21(6-10-23)22-7-11-24(12-8-22)26-15-19(3)28(30)20(4)16-26/h5,7,13-16,23-24,29-30H,6,8-12H2,1-4H3. The summed E-state index contributed by atoms with van der Waals surface area (Å²) in [5.74, 6) is 2.00. The number of phenolic OH excluding ortho intramolecular Hbond substituents is 2. The fourth-order valence-electron chi connectivity index (χ4n) is 5.31. The zero-order valence-electron chi connectivity index (χ0n) is 18.8. The molecule has 0 saturated carbocycles. The Hall–Kier alpha value is -2.48. The lowest BCUT2D eigenvalue weighted by molar-refractivity contribution is 0.465. The van der Waals surface area contributed by atoms with Crippen molar-refractivity contribution in [1.29, 1.82) is 0 Å². The number of aryl methyl sites for hydroxylation is 4. The molecule has 0 radical (unpaired) electrons. The summed E-state index contributed by atoms with van der Waals surface area (Å²) < 4.78 is 0. The van der Waals surface area contributed by atoms with Crippen molar-refractivity contribution in [3.05, 3.63) is 80.9 Å². The maximum Gasteiger partial charge on any atom is 0.121 e. The molecular weight excluding hydrogens is 368 g/mol. The minimum Gasteiger partial charge on any atom is -0.507 e. The number of allylic oxidation sites excluding steroid dienone is 4. The van der Waals surface area contributed by atoms with Crippen LogP contribution in [0.25, 0.3) is 0 Å². The molecule has 30 heavy (non-hydrogen) atoms. The molecule has 0 amide bonds. The maximum atomic E-state index is 10.1. The molecule has 2 nitrogen and oxygen atoms in total. The quantitative estimate of drug-likeness (QED) is 0.561. The third kappa shape index (κ3) is 4.05. The van der Waals surface area contributed by atoms with Gasteiger partial charge in [-0.2, -0.15) is 0 Å². The van der Waals surface area contributed by atoms with E-state index in [4.69, 9.17) is 0 Å². The molecule has 2 N–H and O–H groups in total. The predicted molar refractivity (Wildman–Crippen MR) is 125 cm³/mol. The van der Waals surface area contributed by atoms with Crippen LogP contribution in [0.3, 0.4) is 0 Å². The largest absolute Gasteiger partial charge is 0.507 e. The molecule has 2 heteroatoms. The Morgan fingerprint density at radius 3 is 1.20 bits per heavy atom. The summed E-state index contributed by atoms with van der Waals surface area (Å²) in [6.07, 6.45) is 11.8. The maximum absolute atomic E-state index is 10.1. The first kappa shape index (κ1) is 20.8. The second kappa shape index (κ2) is 8.34. The molecule has 0 bridgehead atoms. The molecule has 158 valence electrons. The van der Waals surface area contributed by atoms with Gasteiger partial charge in [-0.25, -0.2) is 0 Å².